The third kappa shape index (κ3) is 5.16. The molecule has 0 spiro atoms. The van der Waals surface area contributed by atoms with Crippen LogP contribution in [0.3, 0.4) is 0 Å². The van der Waals surface area contributed by atoms with Crippen LogP contribution in [0.15, 0.2) is 60.7 Å². The van der Waals surface area contributed by atoms with Crippen LogP contribution >= 0.6 is 0 Å². The maximum absolute atomic E-state index is 12.1. The summed E-state index contributed by atoms with van der Waals surface area (Å²) in [5.41, 5.74) is 1.15. The first-order chi connectivity index (χ1) is 11.6. The number of hydrogen-bond donors (Lipinski definition) is 1. The van der Waals surface area contributed by atoms with Crippen molar-refractivity contribution in [1.29, 1.82) is 0 Å². The molecule has 0 saturated carbocycles. The van der Waals surface area contributed by atoms with Gasteiger partial charge < -0.3 is 5.11 Å². The summed E-state index contributed by atoms with van der Waals surface area (Å²) in [5, 5.41) is 9.31. The molecule has 2 aromatic carbocycles. The van der Waals surface area contributed by atoms with Gasteiger partial charge in [-0.25, -0.2) is 0 Å². The zero-order valence-electron chi connectivity index (χ0n) is 13.4. The van der Waals surface area contributed by atoms with Gasteiger partial charge in [0.2, 0.25) is 0 Å². The minimum absolute atomic E-state index is 0.00544. The van der Waals surface area contributed by atoms with Crippen molar-refractivity contribution in [2.75, 3.05) is 0 Å². The second kappa shape index (κ2) is 8.77. The monoisotopic (exact) mass is 324 g/mol. The molecule has 2 rings (SSSR count). The first kappa shape index (κ1) is 17.6. The third-order valence-corrected chi connectivity index (χ3v) is 3.93. The molecule has 0 saturated heterocycles. The van der Waals surface area contributed by atoms with Crippen LogP contribution in [0.2, 0.25) is 0 Å². The van der Waals surface area contributed by atoms with E-state index >= 15 is 0 Å². The number of carboxylic acids is 1. The highest BCUT2D eigenvalue weighted by atomic mass is 16.4. The Morgan fingerprint density at radius 1 is 0.792 bits per heavy atom. The fourth-order valence-electron chi connectivity index (χ4n) is 2.56. The highest BCUT2D eigenvalue weighted by Crippen LogP contribution is 2.18. The Balaban J connectivity index is 1.87. The number of carboxylic acid groups (broad SMARTS) is 1. The number of Topliss-reactive ketones (excluding diaryl/α,β-unsaturated/α-hetero) is 2. The van der Waals surface area contributed by atoms with Crippen molar-refractivity contribution in [2.45, 2.75) is 25.7 Å². The summed E-state index contributed by atoms with van der Waals surface area (Å²) in [5.74, 6) is -1.95. The Kier molecular flexibility index (Phi) is 6.43. The molecule has 4 heteroatoms. The lowest BCUT2D eigenvalue weighted by molar-refractivity contribution is -0.141. The average molecular weight is 324 g/mol. The summed E-state index contributed by atoms with van der Waals surface area (Å²) < 4.78 is 0. The molecule has 0 aliphatic heterocycles. The number of hydrogen-bond acceptors (Lipinski definition) is 3. The molecule has 0 amide bonds. The number of rotatable bonds is 9. The fraction of sp³-hybridized carbons (Fsp3) is 0.250. The summed E-state index contributed by atoms with van der Waals surface area (Å²) in [4.78, 5) is 35.5. The SMILES string of the molecule is O=C(CCCC(CC(=O)c1ccccc1)C(=O)O)c1ccccc1. The molecule has 1 atom stereocenters. The molecule has 0 aliphatic rings. The summed E-state index contributed by atoms with van der Waals surface area (Å²) in [6.07, 6.45) is 1.01. The molecule has 0 radical (unpaired) electrons. The van der Waals surface area contributed by atoms with Gasteiger partial charge in [-0.15, -0.1) is 0 Å². The van der Waals surface area contributed by atoms with Gasteiger partial charge in [0.05, 0.1) is 5.92 Å². The highest BCUT2D eigenvalue weighted by molar-refractivity contribution is 5.98. The van der Waals surface area contributed by atoms with Crippen LogP contribution < -0.4 is 0 Å². The highest BCUT2D eigenvalue weighted by Gasteiger charge is 2.22. The smallest absolute Gasteiger partial charge is 0.306 e. The van der Waals surface area contributed by atoms with Gasteiger partial charge in [0.1, 0.15) is 0 Å². The minimum Gasteiger partial charge on any atom is -0.481 e. The van der Waals surface area contributed by atoms with E-state index in [0.717, 1.165) is 0 Å². The topological polar surface area (TPSA) is 71.4 Å². The van der Waals surface area contributed by atoms with Crippen LogP contribution in [0.5, 0.6) is 0 Å². The number of carbonyl (C=O) groups excluding carboxylic acids is 2. The largest absolute Gasteiger partial charge is 0.481 e. The Morgan fingerprint density at radius 2 is 1.29 bits per heavy atom. The molecular formula is C20H20O4. The lowest BCUT2D eigenvalue weighted by Gasteiger charge is -2.11. The Labute approximate surface area is 141 Å². The lowest BCUT2D eigenvalue weighted by atomic mass is 9.92. The van der Waals surface area contributed by atoms with Crippen LogP contribution in [-0.4, -0.2) is 22.6 Å². The van der Waals surface area contributed by atoms with Crippen LogP contribution in [0.4, 0.5) is 0 Å². The van der Waals surface area contributed by atoms with E-state index in [0.29, 0.717) is 24.0 Å². The van der Waals surface area contributed by atoms with Crippen LogP contribution in [0, 0.1) is 5.92 Å². The van der Waals surface area contributed by atoms with Crippen LogP contribution in [-0.2, 0) is 4.79 Å². The maximum Gasteiger partial charge on any atom is 0.306 e. The van der Waals surface area contributed by atoms with Crippen molar-refractivity contribution in [2.24, 2.45) is 5.92 Å². The van der Waals surface area contributed by atoms with Gasteiger partial charge in [-0.05, 0) is 12.8 Å². The molecule has 124 valence electrons. The van der Waals surface area contributed by atoms with Gasteiger partial charge in [-0.1, -0.05) is 60.7 Å². The van der Waals surface area contributed by atoms with E-state index in [-0.39, 0.29) is 24.4 Å². The van der Waals surface area contributed by atoms with E-state index in [1.54, 1.807) is 54.6 Å². The standard InChI is InChI=1S/C20H20O4/c21-18(15-8-3-1-4-9-15)13-7-12-17(20(23)24)14-19(22)16-10-5-2-6-11-16/h1-6,8-11,17H,7,12-14H2,(H,23,24). The summed E-state index contributed by atoms with van der Waals surface area (Å²) in [7, 11) is 0. The van der Waals surface area contributed by atoms with Gasteiger partial charge in [-0.2, -0.15) is 0 Å². The fourth-order valence-corrected chi connectivity index (χ4v) is 2.56. The molecule has 2 aromatic rings. The van der Waals surface area contributed by atoms with E-state index in [2.05, 4.69) is 0 Å². The molecule has 4 nitrogen and oxygen atoms in total. The molecule has 0 aliphatic carbocycles. The minimum atomic E-state index is -0.994. The predicted molar refractivity (Wildman–Crippen MR) is 91.1 cm³/mol. The molecule has 0 aromatic heterocycles. The Bertz CT molecular complexity index is 692. The molecule has 1 N–H and O–H groups in total. The quantitative estimate of drug-likeness (QED) is 0.707. The number of carbonyl (C=O) groups is 3. The van der Waals surface area contributed by atoms with Crippen LogP contribution in [0.1, 0.15) is 46.4 Å². The van der Waals surface area contributed by atoms with E-state index in [1.807, 2.05) is 6.07 Å². The van der Waals surface area contributed by atoms with Gasteiger partial charge in [-0.3, -0.25) is 14.4 Å². The molecular weight excluding hydrogens is 304 g/mol. The number of benzene rings is 2. The second-order valence-corrected chi connectivity index (χ2v) is 5.71. The second-order valence-electron chi connectivity index (χ2n) is 5.71. The van der Waals surface area contributed by atoms with Crippen molar-refractivity contribution >= 4 is 17.5 Å². The molecule has 1 unspecified atom stereocenters. The number of ketones is 2. The number of aliphatic carboxylic acids is 1. The Hall–Kier alpha value is -2.75. The molecule has 0 heterocycles. The third-order valence-electron chi connectivity index (χ3n) is 3.93. The zero-order chi connectivity index (χ0) is 17.4. The van der Waals surface area contributed by atoms with Gasteiger partial charge >= 0.3 is 5.97 Å². The summed E-state index contributed by atoms with van der Waals surface area (Å²) in [6.45, 7) is 0. The predicted octanol–water partition coefficient (Wildman–Crippen LogP) is 4.01. The van der Waals surface area contributed by atoms with E-state index < -0.39 is 11.9 Å². The van der Waals surface area contributed by atoms with Crippen molar-refractivity contribution < 1.29 is 19.5 Å². The first-order valence-corrected chi connectivity index (χ1v) is 7.97. The van der Waals surface area contributed by atoms with E-state index in [1.165, 1.54) is 0 Å². The zero-order valence-corrected chi connectivity index (χ0v) is 13.4. The van der Waals surface area contributed by atoms with Gasteiger partial charge in [0.15, 0.2) is 11.6 Å². The lowest BCUT2D eigenvalue weighted by Crippen LogP contribution is -2.18. The van der Waals surface area contributed by atoms with Crippen LogP contribution in [0.25, 0.3) is 0 Å². The van der Waals surface area contributed by atoms with Crippen molar-refractivity contribution in [1.82, 2.24) is 0 Å². The maximum atomic E-state index is 12.1. The summed E-state index contributed by atoms with van der Waals surface area (Å²) in [6, 6.07) is 17.6. The molecule has 0 bridgehead atoms. The van der Waals surface area contributed by atoms with Crippen molar-refractivity contribution in [3.05, 3.63) is 71.8 Å². The molecule has 0 fully saturated rings. The first-order valence-electron chi connectivity index (χ1n) is 7.97. The van der Waals surface area contributed by atoms with Gasteiger partial charge in [0, 0.05) is 24.0 Å². The van der Waals surface area contributed by atoms with E-state index in [9.17, 15) is 19.5 Å². The van der Waals surface area contributed by atoms with Crippen molar-refractivity contribution in [3.63, 3.8) is 0 Å². The summed E-state index contributed by atoms with van der Waals surface area (Å²) >= 11 is 0. The van der Waals surface area contributed by atoms with Gasteiger partial charge in [0.25, 0.3) is 0 Å². The Morgan fingerprint density at radius 3 is 1.79 bits per heavy atom. The van der Waals surface area contributed by atoms with E-state index in [4.69, 9.17) is 0 Å². The van der Waals surface area contributed by atoms with Crippen molar-refractivity contribution in [3.8, 4) is 0 Å². The molecule has 24 heavy (non-hydrogen) atoms. The average Bonchev–Trinajstić information content (AvgIpc) is 2.62. The normalized spacial score (nSPS) is 11.7.